The molecule has 2 aliphatic rings. The van der Waals surface area contributed by atoms with Crippen molar-refractivity contribution in [2.45, 2.75) is 44.3 Å². The van der Waals surface area contributed by atoms with Gasteiger partial charge in [-0.25, -0.2) is 13.1 Å². The van der Waals surface area contributed by atoms with Gasteiger partial charge in [-0.3, -0.25) is 0 Å². The average Bonchev–Trinajstić information content (AvgIpc) is 3.09. The van der Waals surface area contributed by atoms with Crippen molar-refractivity contribution in [1.29, 1.82) is 0 Å². The standard InChI is InChI=1S/C11H22N2O2S/c1-2-11(5-6-11)9-13-16(14,15)10-4-3-7-12-8-10/h10,12-13H,2-9H2,1H3. The first kappa shape index (κ1) is 12.3. The van der Waals surface area contributed by atoms with E-state index in [-0.39, 0.29) is 10.7 Å². The summed E-state index contributed by atoms with van der Waals surface area (Å²) < 4.78 is 26.9. The molecule has 1 aliphatic carbocycles. The van der Waals surface area contributed by atoms with Crippen LogP contribution in [0, 0.1) is 5.41 Å². The Morgan fingerprint density at radius 3 is 2.69 bits per heavy atom. The number of hydrogen-bond acceptors (Lipinski definition) is 3. The number of piperidine rings is 1. The normalized spacial score (nSPS) is 28.9. The molecule has 0 aromatic carbocycles. The zero-order chi connectivity index (χ0) is 11.6. The third-order valence-electron chi connectivity index (χ3n) is 4.05. The molecule has 1 saturated heterocycles. The van der Waals surface area contributed by atoms with Crippen LogP contribution in [0.2, 0.25) is 0 Å². The van der Waals surface area contributed by atoms with Crippen LogP contribution < -0.4 is 10.0 Å². The minimum Gasteiger partial charge on any atom is -0.315 e. The highest BCUT2D eigenvalue weighted by atomic mass is 32.2. The lowest BCUT2D eigenvalue weighted by molar-refractivity contribution is 0.458. The Morgan fingerprint density at radius 1 is 1.44 bits per heavy atom. The third kappa shape index (κ3) is 2.76. The minimum atomic E-state index is -3.10. The van der Waals surface area contributed by atoms with Crippen LogP contribution in [0.25, 0.3) is 0 Å². The van der Waals surface area contributed by atoms with Gasteiger partial charge in [0.15, 0.2) is 0 Å². The van der Waals surface area contributed by atoms with E-state index in [0.29, 0.717) is 13.1 Å². The smallest absolute Gasteiger partial charge is 0.215 e. The molecular formula is C11H22N2O2S. The van der Waals surface area contributed by atoms with Crippen molar-refractivity contribution in [2.75, 3.05) is 19.6 Å². The van der Waals surface area contributed by atoms with E-state index < -0.39 is 10.0 Å². The second kappa shape index (κ2) is 4.63. The summed E-state index contributed by atoms with van der Waals surface area (Å²) in [7, 11) is -3.10. The molecule has 1 unspecified atom stereocenters. The predicted molar refractivity (Wildman–Crippen MR) is 64.8 cm³/mol. The van der Waals surface area contributed by atoms with E-state index in [1.54, 1.807) is 0 Å². The summed E-state index contributed by atoms with van der Waals surface area (Å²) in [6.45, 7) is 4.34. The molecule has 5 heteroatoms. The molecule has 4 nitrogen and oxygen atoms in total. The molecule has 0 aromatic rings. The second-order valence-electron chi connectivity index (χ2n) is 5.19. The van der Waals surface area contributed by atoms with Gasteiger partial charge in [-0.1, -0.05) is 6.92 Å². The maximum absolute atomic E-state index is 12.0. The topological polar surface area (TPSA) is 58.2 Å². The molecule has 0 amide bonds. The fourth-order valence-corrected chi connectivity index (χ4v) is 3.85. The molecule has 94 valence electrons. The van der Waals surface area contributed by atoms with Gasteiger partial charge in [0.25, 0.3) is 0 Å². The van der Waals surface area contributed by atoms with E-state index in [1.807, 2.05) is 0 Å². The fraction of sp³-hybridized carbons (Fsp3) is 1.00. The van der Waals surface area contributed by atoms with Gasteiger partial charge < -0.3 is 5.32 Å². The lowest BCUT2D eigenvalue weighted by Crippen LogP contribution is -2.45. The Kier molecular flexibility index (Phi) is 3.56. The average molecular weight is 246 g/mol. The van der Waals surface area contributed by atoms with Gasteiger partial charge in [0.1, 0.15) is 0 Å². The second-order valence-corrected chi connectivity index (χ2v) is 7.23. The number of hydrogen-bond donors (Lipinski definition) is 2. The van der Waals surface area contributed by atoms with Crippen LogP contribution in [0.4, 0.5) is 0 Å². The SMILES string of the molecule is CCC1(CNS(=O)(=O)C2CCCNC2)CC1. The molecule has 0 aromatic heterocycles. The highest BCUT2D eigenvalue weighted by Crippen LogP contribution is 2.48. The van der Waals surface area contributed by atoms with Gasteiger partial charge >= 0.3 is 0 Å². The molecule has 2 fully saturated rings. The Bertz CT molecular complexity index is 330. The molecule has 2 rings (SSSR count). The van der Waals surface area contributed by atoms with Crippen LogP contribution in [0.3, 0.4) is 0 Å². The molecule has 16 heavy (non-hydrogen) atoms. The highest BCUT2D eigenvalue weighted by Gasteiger charge is 2.41. The quantitative estimate of drug-likeness (QED) is 0.756. The van der Waals surface area contributed by atoms with Gasteiger partial charge in [-0.15, -0.1) is 0 Å². The van der Waals surface area contributed by atoms with Gasteiger partial charge in [0.2, 0.25) is 10.0 Å². The van der Waals surface area contributed by atoms with Gasteiger partial charge in [-0.2, -0.15) is 0 Å². The lowest BCUT2D eigenvalue weighted by atomic mass is 10.1. The maximum Gasteiger partial charge on any atom is 0.215 e. The first-order chi connectivity index (χ1) is 7.58. The number of sulfonamides is 1. The summed E-state index contributed by atoms with van der Waals surface area (Å²) >= 11 is 0. The molecule has 0 bridgehead atoms. The van der Waals surface area contributed by atoms with Crippen molar-refractivity contribution in [1.82, 2.24) is 10.0 Å². The van der Waals surface area contributed by atoms with E-state index in [9.17, 15) is 8.42 Å². The van der Waals surface area contributed by atoms with Crippen LogP contribution in [0.15, 0.2) is 0 Å². The highest BCUT2D eigenvalue weighted by molar-refractivity contribution is 7.90. The molecular weight excluding hydrogens is 224 g/mol. The molecule has 2 N–H and O–H groups in total. The Morgan fingerprint density at radius 2 is 2.19 bits per heavy atom. The first-order valence-corrected chi connectivity index (χ1v) is 7.82. The summed E-state index contributed by atoms with van der Waals surface area (Å²) in [6, 6.07) is 0. The van der Waals surface area contributed by atoms with Crippen LogP contribution in [0.5, 0.6) is 0 Å². The fourth-order valence-electron chi connectivity index (χ4n) is 2.29. The van der Waals surface area contributed by atoms with E-state index in [2.05, 4.69) is 17.0 Å². The summed E-state index contributed by atoms with van der Waals surface area (Å²) in [4.78, 5) is 0. The molecule has 0 spiro atoms. The van der Waals surface area contributed by atoms with Gasteiger partial charge in [-0.05, 0) is 44.1 Å². The van der Waals surface area contributed by atoms with Gasteiger partial charge in [0.05, 0.1) is 5.25 Å². The van der Waals surface area contributed by atoms with Gasteiger partial charge in [0, 0.05) is 13.1 Å². The molecule has 0 radical (unpaired) electrons. The number of nitrogens with one attached hydrogen (secondary N) is 2. The minimum absolute atomic E-state index is 0.228. The summed E-state index contributed by atoms with van der Waals surface area (Å²) in [5.41, 5.74) is 0.287. The van der Waals surface area contributed by atoms with Crippen LogP contribution in [-0.2, 0) is 10.0 Å². The summed E-state index contributed by atoms with van der Waals surface area (Å²) in [5, 5.41) is 2.92. The Balaban J connectivity index is 1.87. The van der Waals surface area contributed by atoms with Crippen LogP contribution in [-0.4, -0.2) is 33.3 Å². The zero-order valence-corrected chi connectivity index (χ0v) is 10.8. The summed E-state index contributed by atoms with van der Waals surface area (Å²) in [5.74, 6) is 0. The monoisotopic (exact) mass is 246 g/mol. The molecule has 1 aliphatic heterocycles. The van der Waals surface area contributed by atoms with E-state index in [1.165, 1.54) is 12.8 Å². The molecule has 1 atom stereocenters. The van der Waals surface area contributed by atoms with Crippen LogP contribution in [0.1, 0.15) is 39.0 Å². The third-order valence-corrected chi connectivity index (χ3v) is 5.87. The molecule has 1 heterocycles. The van der Waals surface area contributed by atoms with Crippen molar-refractivity contribution >= 4 is 10.0 Å². The summed E-state index contributed by atoms with van der Waals surface area (Å²) in [6.07, 6.45) is 5.19. The van der Waals surface area contributed by atoms with Crippen molar-refractivity contribution < 1.29 is 8.42 Å². The van der Waals surface area contributed by atoms with E-state index in [0.717, 1.165) is 25.8 Å². The van der Waals surface area contributed by atoms with Crippen LogP contribution >= 0.6 is 0 Å². The Hall–Kier alpha value is -0.130. The number of rotatable bonds is 5. The van der Waals surface area contributed by atoms with E-state index in [4.69, 9.17) is 0 Å². The lowest BCUT2D eigenvalue weighted by Gasteiger charge is -2.24. The maximum atomic E-state index is 12.0. The van der Waals surface area contributed by atoms with Crippen molar-refractivity contribution in [3.63, 3.8) is 0 Å². The van der Waals surface area contributed by atoms with Crippen molar-refractivity contribution in [3.05, 3.63) is 0 Å². The largest absolute Gasteiger partial charge is 0.315 e. The molecule has 1 saturated carbocycles. The first-order valence-electron chi connectivity index (χ1n) is 6.27. The van der Waals surface area contributed by atoms with Crippen molar-refractivity contribution in [2.24, 2.45) is 5.41 Å². The predicted octanol–water partition coefficient (Wildman–Crippen LogP) is 0.848. The van der Waals surface area contributed by atoms with E-state index >= 15 is 0 Å². The zero-order valence-electron chi connectivity index (χ0n) is 9.96. The van der Waals surface area contributed by atoms with Crippen molar-refractivity contribution in [3.8, 4) is 0 Å². The Labute approximate surface area is 98.2 Å².